The first-order valence-corrected chi connectivity index (χ1v) is 9.32. The standard InChI is InChI=1S/C19H22ClN5O2/c20-16-4-2-14(3-5-16)12-23-17(26)18(27)24-13-15-6-10-25(11-7-15)19-21-8-1-9-22-19/h1-5,8-9,15H,6-7,10-13H2,(H,23,26)(H,24,27). The van der Waals surface area contributed by atoms with Gasteiger partial charge in [0, 0.05) is 43.6 Å². The maximum atomic E-state index is 12.0. The molecule has 2 aromatic rings. The predicted octanol–water partition coefficient (Wildman–Crippen LogP) is 1.78. The molecule has 0 atom stereocenters. The van der Waals surface area contributed by atoms with E-state index in [0.29, 0.717) is 24.0 Å². The Morgan fingerprint density at radius 3 is 2.33 bits per heavy atom. The van der Waals surface area contributed by atoms with Crippen LogP contribution in [-0.4, -0.2) is 41.4 Å². The average molecular weight is 388 g/mol. The minimum absolute atomic E-state index is 0.291. The van der Waals surface area contributed by atoms with Crippen LogP contribution in [0.4, 0.5) is 5.95 Å². The zero-order valence-corrected chi connectivity index (χ0v) is 15.7. The molecule has 0 bridgehead atoms. The molecule has 0 aliphatic carbocycles. The minimum Gasteiger partial charge on any atom is -0.348 e. The van der Waals surface area contributed by atoms with E-state index in [4.69, 9.17) is 11.6 Å². The molecule has 7 nitrogen and oxygen atoms in total. The van der Waals surface area contributed by atoms with Crippen molar-refractivity contribution in [1.82, 2.24) is 20.6 Å². The Morgan fingerprint density at radius 1 is 1.04 bits per heavy atom. The van der Waals surface area contributed by atoms with Crippen molar-refractivity contribution in [3.05, 3.63) is 53.3 Å². The first-order chi connectivity index (χ1) is 13.1. The Kier molecular flexibility index (Phi) is 6.59. The Balaban J connectivity index is 1.36. The van der Waals surface area contributed by atoms with E-state index in [0.717, 1.165) is 37.4 Å². The second kappa shape index (κ2) is 9.32. The van der Waals surface area contributed by atoms with Crippen LogP contribution in [-0.2, 0) is 16.1 Å². The molecule has 2 heterocycles. The van der Waals surface area contributed by atoms with Gasteiger partial charge in [0.2, 0.25) is 5.95 Å². The van der Waals surface area contributed by atoms with Crippen molar-refractivity contribution in [2.45, 2.75) is 19.4 Å². The molecule has 1 aliphatic heterocycles. The second-order valence-corrected chi connectivity index (χ2v) is 6.93. The Hall–Kier alpha value is -2.67. The van der Waals surface area contributed by atoms with Gasteiger partial charge in [0.25, 0.3) is 0 Å². The third-order valence-corrected chi connectivity index (χ3v) is 4.83. The summed E-state index contributed by atoms with van der Waals surface area (Å²) < 4.78 is 0. The smallest absolute Gasteiger partial charge is 0.309 e. The van der Waals surface area contributed by atoms with Crippen LogP contribution in [0.15, 0.2) is 42.7 Å². The van der Waals surface area contributed by atoms with Gasteiger partial charge in [-0.3, -0.25) is 9.59 Å². The summed E-state index contributed by atoms with van der Waals surface area (Å²) >= 11 is 5.82. The summed E-state index contributed by atoms with van der Waals surface area (Å²) in [5.74, 6) is -0.141. The summed E-state index contributed by atoms with van der Waals surface area (Å²) in [7, 11) is 0. The lowest BCUT2D eigenvalue weighted by atomic mass is 9.97. The number of carbonyl (C=O) groups is 2. The van der Waals surface area contributed by atoms with E-state index < -0.39 is 11.8 Å². The van der Waals surface area contributed by atoms with Crippen LogP contribution in [0, 0.1) is 5.92 Å². The molecular formula is C19H22ClN5O2. The number of nitrogens with one attached hydrogen (secondary N) is 2. The van der Waals surface area contributed by atoms with Crippen LogP contribution in [0.25, 0.3) is 0 Å². The largest absolute Gasteiger partial charge is 0.348 e. The van der Waals surface area contributed by atoms with Gasteiger partial charge < -0.3 is 15.5 Å². The normalized spacial score (nSPS) is 14.6. The van der Waals surface area contributed by atoms with Crippen molar-refractivity contribution in [3.63, 3.8) is 0 Å². The topological polar surface area (TPSA) is 87.2 Å². The van der Waals surface area contributed by atoms with Gasteiger partial charge in [0.1, 0.15) is 0 Å². The van der Waals surface area contributed by atoms with E-state index in [1.807, 2.05) is 12.1 Å². The molecule has 0 saturated carbocycles. The van der Waals surface area contributed by atoms with Gasteiger partial charge in [0.15, 0.2) is 0 Å². The van der Waals surface area contributed by atoms with Crippen LogP contribution >= 0.6 is 11.6 Å². The van der Waals surface area contributed by atoms with Gasteiger partial charge in [-0.1, -0.05) is 23.7 Å². The van der Waals surface area contributed by atoms with Crippen LogP contribution in [0.3, 0.4) is 0 Å². The van der Waals surface area contributed by atoms with Gasteiger partial charge in [-0.2, -0.15) is 0 Å². The summed E-state index contributed by atoms with van der Waals surface area (Å²) in [6, 6.07) is 8.91. The number of hydrogen-bond donors (Lipinski definition) is 2. The summed E-state index contributed by atoms with van der Waals surface area (Å²) in [6.07, 6.45) is 5.31. The molecule has 1 fully saturated rings. The lowest BCUT2D eigenvalue weighted by Gasteiger charge is -2.31. The second-order valence-electron chi connectivity index (χ2n) is 6.50. The number of hydrogen-bond acceptors (Lipinski definition) is 5. The molecule has 142 valence electrons. The van der Waals surface area contributed by atoms with Crippen LogP contribution in [0.1, 0.15) is 18.4 Å². The van der Waals surface area contributed by atoms with Crippen molar-refractivity contribution in [2.24, 2.45) is 5.92 Å². The number of aromatic nitrogens is 2. The van der Waals surface area contributed by atoms with Crippen LogP contribution in [0.2, 0.25) is 5.02 Å². The molecule has 27 heavy (non-hydrogen) atoms. The number of anilines is 1. The number of amides is 2. The van der Waals surface area contributed by atoms with Crippen molar-refractivity contribution >= 4 is 29.4 Å². The van der Waals surface area contributed by atoms with Crippen molar-refractivity contribution in [2.75, 3.05) is 24.5 Å². The van der Waals surface area contributed by atoms with Gasteiger partial charge in [0.05, 0.1) is 0 Å². The van der Waals surface area contributed by atoms with E-state index in [2.05, 4.69) is 25.5 Å². The number of piperidine rings is 1. The molecule has 0 unspecified atom stereocenters. The Labute approximate surface area is 163 Å². The highest BCUT2D eigenvalue weighted by atomic mass is 35.5. The molecule has 1 aliphatic rings. The number of carbonyl (C=O) groups excluding carboxylic acids is 2. The zero-order chi connectivity index (χ0) is 19.1. The SMILES string of the molecule is O=C(NCc1ccc(Cl)cc1)C(=O)NCC1CCN(c2ncccn2)CC1. The highest BCUT2D eigenvalue weighted by Gasteiger charge is 2.22. The van der Waals surface area contributed by atoms with Crippen LogP contribution < -0.4 is 15.5 Å². The Bertz CT molecular complexity index is 761. The van der Waals surface area contributed by atoms with E-state index in [1.165, 1.54) is 0 Å². The number of benzene rings is 1. The summed E-state index contributed by atoms with van der Waals surface area (Å²) in [5.41, 5.74) is 0.885. The van der Waals surface area contributed by atoms with Gasteiger partial charge in [-0.05, 0) is 42.5 Å². The zero-order valence-electron chi connectivity index (χ0n) is 14.9. The third-order valence-electron chi connectivity index (χ3n) is 4.57. The lowest BCUT2D eigenvalue weighted by Crippen LogP contribution is -2.43. The number of halogens is 1. The molecule has 1 saturated heterocycles. The Morgan fingerprint density at radius 2 is 1.67 bits per heavy atom. The fraction of sp³-hybridized carbons (Fsp3) is 0.368. The molecule has 3 rings (SSSR count). The molecule has 1 aromatic heterocycles. The molecule has 0 spiro atoms. The highest BCUT2D eigenvalue weighted by Crippen LogP contribution is 2.19. The maximum Gasteiger partial charge on any atom is 0.309 e. The predicted molar refractivity (Wildman–Crippen MR) is 103 cm³/mol. The van der Waals surface area contributed by atoms with Crippen molar-refractivity contribution < 1.29 is 9.59 Å². The molecule has 0 radical (unpaired) electrons. The molecular weight excluding hydrogens is 366 g/mol. The fourth-order valence-corrected chi connectivity index (χ4v) is 3.10. The van der Waals surface area contributed by atoms with Crippen LogP contribution in [0.5, 0.6) is 0 Å². The highest BCUT2D eigenvalue weighted by molar-refractivity contribution is 6.35. The summed E-state index contributed by atoms with van der Waals surface area (Å²) in [4.78, 5) is 34.5. The van der Waals surface area contributed by atoms with E-state index in [1.54, 1.807) is 30.6 Å². The fourth-order valence-electron chi connectivity index (χ4n) is 2.97. The molecule has 2 N–H and O–H groups in total. The first-order valence-electron chi connectivity index (χ1n) is 8.94. The van der Waals surface area contributed by atoms with E-state index in [9.17, 15) is 9.59 Å². The first kappa shape index (κ1) is 19.1. The quantitative estimate of drug-likeness (QED) is 0.763. The number of rotatable bonds is 5. The van der Waals surface area contributed by atoms with E-state index >= 15 is 0 Å². The van der Waals surface area contributed by atoms with Crippen molar-refractivity contribution in [3.8, 4) is 0 Å². The lowest BCUT2D eigenvalue weighted by molar-refractivity contribution is -0.139. The molecule has 8 heteroatoms. The van der Waals surface area contributed by atoms with Gasteiger partial charge in [-0.15, -0.1) is 0 Å². The summed E-state index contributed by atoms with van der Waals surface area (Å²) in [5, 5.41) is 5.98. The summed E-state index contributed by atoms with van der Waals surface area (Å²) in [6.45, 7) is 2.47. The molecule has 1 aromatic carbocycles. The third kappa shape index (κ3) is 5.65. The minimum atomic E-state index is -0.625. The van der Waals surface area contributed by atoms with Gasteiger partial charge in [-0.25, -0.2) is 9.97 Å². The average Bonchev–Trinajstić information content (AvgIpc) is 2.72. The molecule has 2 amide bonds. The number of nitrogens with zero attached hydrogens (tertiary/aromatic N) is 3. The van der Waals surface area contributed by atoms with E-state index in [-0.39, 0.29) is 0 Å². The maximum absolute atomic E-state index is 12.0. The monoisotopic (exact) mass is 387 g/mol. The van der Waals surface area contributed by atoms with Crippen molar-refractivity contribution in [1.29, 1.82) is 0 Å². The van der Waals surface area contributed by atoms with Gasteiger partial charge >= 0.3 is 11.8 Å².